The molecule has 11 heavy (non-hydrogen) atoms. The van der Waals surface area contributed by atoms with Gasteiger partial charge in [-0.15, -0.1) is 0 Å². The molecule has 1 saturated carbocycles. The zero-order chi connectivity index (χ0) is 8.10. The Balaban J connectivity index is 2.37. The topological polar surface area (TPSA) is 29.4 Å². The predicted molar refractivity (Wildman–Crippen MR) is 46.4 cm³/mol. The van der Waals surface area contributed by atoms with Gasteiger partial charge >= 0.3 is 0 Å². The van der Waals surface area contributed by atoms with Crippen LogP contribution in [-0.4, -0.2) is 6.54 Å². The molecule has 0 aromatic heterocycles. The van der Waals surface area contributed by atoms with E-state index in [1.807, 2.05) is 0 Å². The number of rotatable bonds is 3. The van der Waals surface area contributed by atoms with Gasteiger partial charge in [-0.2, -0.15) is 4.91 Å². The second-order valence-electron chi connectivity index (χ2n) is 3.52. The molecule has 0 radical (unpaired) electrons. The fourth-order valence-electron chi connectivity index (χ4n) is 2.16. The summed E-state index contributed by atoms with van der Waals surface area (Å²) in [6, 6.07) is 0. The molecule has 1 fully saturated rings. The Labute approximate surface area is 68.3 Å². The first-order valence-corrected chi connectivity index (χ1v) is 4.67. The first-order valence-electron chi connectivity index (χ1n) is 4.67. The van der Waals surface area contributed by atoms with Crippen molar-refractivity contribution >= 4 is 0 Å². The molecular formula is C9H17NO. The molecule has 0 aromatic carbocycles. The van der Waals surface area contributed by atoms with Gasteiger partial charge in [-0.1, -0.05) is 37.8 Å². The van der Waals surface area contributed by atoms with E-state index in [4.69, 9.17) is 0 Å². The van der Waals surface area contributed by atoms with Crippen molar-refractivity contribution in [2.24, 2.45) is 17.0 Å². The Morgan fingerprint density at radius 1 is 1.27 bits per heavy atom. The van der Waals surface area contributed by atoms with E-state index in [0.717, 1.165) is 5.92 Å². The lowest BCUT2D eigenvalue weighted by Crippen LogP contribution is -2.21. The van der Waals surface area contributed by atoms with Crippen LogP contribution >= 0.6 is 0 Å². The van der Waals surface area contributed by atoms with Crippen LogP contribution in [0.1, 0.15) is 39.0 Å². The van der Waals surface area contributed by atoms with Crippen molar-refractivity contribution in [3.8, 4) is 0 Å². The maximum absolute atomic E-state index is 10.1. The Hall–Kier alpha value is -0.400. The first-order chi connectivity index (χ1) is 5.38. The van der Waals surface area contributed by atoms with E-state index in [1.165, 1.54) is 32.1 Å². The van der Waals surface area contributed by atoms with Gasteiger partial charge in [0.2, 0.25) is 0 Å². The maximum Gasteiger partial charge on any atom is 0.0841 e. The van der Waals surface area contributed by atoms with Crippen LogP contribution in [0.5, 0.6) is 0 Å². The third-order valence-electron chi connectivity index (χ3n) is 2.90. The fraction of sp³-hybridized carbons (Fsp3) is 1.00. The van der Waals surface area contributed by atoms with E-state index in [1.54, 1.807) is 0 Å². The number of hydrogen-bond donors (Lipinski definition) is 0. The zero-order valence-corrected chi connectivity index (χ0v) is 7.25. The molecule has 2 heteroatoms. The molecule has 0 aliphatic heterocycles. The normalized spacial score (nSPS) is 31.7. The van der Waals surface area contributed by atoms with Crippen LogP contribution in [-0.2, 0) is 0 Å². The quantitative estimate of drug-likeness (QED) is 0.576. The van der Waals surface area contributed by atoms with E-state index < -0.39 is 0 Å². The Bertz CT molecular complexity index is 125. The molecule has 2 unspecified atom stereocenters. The smallest absolute Gasteiger partial charge is 0.0841 e. The van der Waals surface area contributed by atoms with Crippen molar-refractivity contribution in [3.63, 3.8) is 0 Å². The molecule has 1 aliphatic rings. The van der Waals surface area contributed by atoms with Gasteiger partial charge < -0.3 is 0 Å². The van der Waals surface area contributed by atoms with Crippen molar-refractivity contribution in [2.75, 3.05) is 6.54 Å². The summed E-state index contributed by atoms with van der Waals surface area (Å²) in [5.41, 5.74) is 0. The molecule has 0 amide bonds. The van der Waals surface area contributed by atoms with Crippen molar-refractivity contribution in [1.82, 2.24) is 0 Å². The van der Waals surface area contributed by atoms with Gasteiger partial charge in [0.25, 0.3) is 0 Å². The van der Waals surface area contributed by atoms with E-state index in [2.05, 4.69) is 12.1 Å². The van der Waals surface area contributed by atoms with Crippen LogP contribution in [0.3, 0.4) is 0 Å². The van der Waals surface area contributed by atoms with Crippen LogP contribution in [0.2, 0.25) is 0 Å². The molecule has 1 aliphatic carbocycles. The Kier molecular flexibility index (Phi) is 3.53. The van der Waals surface area contributed by atoms with Crippen LogP contribution < -0.4 is 0 Å². The van der Waals surface area contributed by atoms with Gasteiger partial charge in [0.15, 0.2) is 0 Å². The first kappa shape index (κ1) is 8.69. The average Bonchev–Trinajstić information content (AvgIpc) is 2.06. The summed E-state index contributed by atoms with van der Waals surface area (Å²) < 4.78 is 0. The molecule has 0 bridgehead atoms. The van der Waals surface area contributed by atoms with Gasteiger partial charge in [-0.25, -0.2) is 0 Å². The molecule has 0 aromatic rings. The third kappa shape index (κ3) is 2.28. The average molecular weight is 155 g/mol. The summed E-state index contributed by atoms with van der Waals surface area (Å²) in [5, 5.41) is 3.01. The van der Waals surface area contributed by atoms with Crippen LogP contribution in [0.4, 0.5) is 0 Å². The van der Waals surface area contributed by atoms with Crippen LogP contribution in [0, 0.1) is 16.7 Å². The lowest BCUT2D eigenvalue weighted by Gasteiger charge is -2.28. The van der Waals surface area contributed by atoms with Gasteiger partial charge in [0, 0.05) is 0 Å². The number of nitrogens with zero attached hydrogens (tertiary/aromatic N) is 1. The minimum Gasteiger partial charge on any atom is -0.151 e. The Morgan fingerprint density at radius 3 is 2.45 bits per heavy atom. The van der Waals surface area contributed by atoms with Crippen LogP contribution in [0.25, 0.3) is 0 Å². The van der Waals surface area contributed by atoms with Gasteiger partial charge in [0.05, 0.1) is 6.54 Å². The highest BCUT2D eigenvalue weighted by molar-refractivity contribution is 4.75. The molecule has 0 N–H and O–H groups in total. The summed E-state index contributed by atoms with van der Waals surface area (Å²) >= 11 is 0. The minimum absolute atomic E-state index is 0.554. The largest absolute Gasteiger partial charge is 0.151 e. The van der Waals surface area contributed by atoms with Gasteiger partial charge in [-0.3, -0.25) is 0 Å². The number of nitroso groups, excluding NO2 is 1. The molecule has 0 heterocycles. The molecule has 2 atom stereocenters. The third-order valence-corrected chi connectivity index (χ3v) is 2.90. The monoisotopic (exact) mass is 155 g/mol. The highest BCUT2D eigenvalue weighted by Gasteiger charge is 2.23. The van der Waals surface area contributed by atoms with Crippen molar-refractivity contribution in [3.05, 3.63) is 4.91 Å². The fourth-order valence-corrected chi connectivity index (χ4v) is 2.16. The molecule has 1 rings (SSSR count). The molecule has 0 saturated heterocycles. The molecule has 64 valence electrons. The summed E-state index contributed by atoms with van der Waals surface area (Å²) in [7, 11) is 0. The van der Waals surface area contributed by atoms with Crippen molar-refractivity contribution in [1.29, 1.82) is 0 Å². The summed E-state index contributed by atoms with van der Waals surface area (Å²) in [4.78, 5) is 10.1. The Morgan fingerprint density at radius 2 is 1.91 bits per heavy atom. The lowest BCUT2D eigenvalue weighted by molar-refractivity contribution is 0.237. The molecule has 0 spiro atoms. The maximum atomic E-state index is 10.1. The highest BCUT2D eigenvalue weighted by Crippen LogP contribution is 2.32. The predicted octanol–water partition coefficient (Wildman–Crippen LogP) is 2.97. The van der Waals surface area contributed by atoms with E-state index in [0.29, 0.717) is 12.5 Å². The molecule has 2 nitrogen and oxygen atoms in total. The van der Waals surface area contributed by atoms with E-state index >= 15 is 0 Å². The van der Waals surface area contributed by atoms with Crippen molar-refractivity contribution < 1.29 is 0 Å². The van der Waals surface area contributed by atoms with Crippen molar-refractivity contribution in [2.45, 2.75) is 39.0 Å². The zero-order valence-electron chi connectivity index (χ0n) is 7.25. The number of hydrogen-bond acceptors (Lipinski definition) is 2. The second kappa shape index (κ2) is 4.47. The van der Waals surface area contributed by atoms with E-state index in [9.17, 15) is 4.91 Å². The second-order valence-corrected chi connectivity index (χ2v) is 3.52. The van der Waals surface area contributed by atoms with E-state index in [-0.39, 0.29) is 0 Å². The van der Waals surface area contributed by atoms with Crippen LogP contribution in [0.15, 0.2) is 5.18 Å². The summed E-state index contributed by atoms with van der Waals surface area (Å²) in [5.74, 6) is 1.38. The lowest BCUT2D eigenvalue weighted by atomic mass is 9.78. The minimum atomic E-state index is 0.554. The highest BCUT2D eigenvalue weighted by atomic mass is 16.3. The SMILES string of the molecule is CCC1CCCCC1CN=O. The summed E-state index contributed by atoms with van der Waals surface area (Å²) in [6.07, 6.45) is 6.42. The van der Waals surface area contributed by atoms with Gasteiger partial charge in [0.1, 0.15) is 0 Å². The summed E-state index contributed by atoms with van der Waals surface area (Å²) in [6.45, 7) is 2.77. The molecular weight excluding hydrogens is 138 g/mol. The standard InChI is InChI=1S/C9H17NO/c1-2-8-5-3-4-6-9(8)7-10-11/h8-9H,2-7H2,1H3. The van der Waals surface area contributed by atoms with Gasteiger partial charge in [-0.05, 0) is 18.3 Å².